The summed E-state index contributed by atoms with van der Waals surface area (Å²) in [5.74, 6) is 1.06. The third-order valence-electron chi connectivity index (χ3n) is 3.75. The number of amides is 2. The average Bonchev–Trinajstić information content (AvgIpc) is 3.31. The van der Waals surface area contributed by atoms with Crippen LogP contribution >= 0.6 is 11.8 Å². The van der Waals surface area contributed by atoms with E-state index in [9.17, 15) is 9.59 Å². The SMILES string of the molecule is Cc1cc(NC(=O)CSCC(=O)NCCc2cnn(-c3ccccc3)c2)no1. The third kappa shape index (κ3) is 5.98. The van der Waals surface area contributed by atoms with Gasteiger partial charge < -0.3 is 15.2 Å². The van der Waals surface area contributed by atoms with Gasteiger partial charge in [0.25, 0.3) is 0 Å². The van der Waals surface area contributed by atoms with Gasteiger partial charge in [-0.25, -0.2) is 4.68 Å². The van der Waals surface area contributed by atoms with E-state index in [2.05, 4.69) is 20.9 Å². The van der Waals surface area contributed by atoms with Gasteiger partial charge in [-0.3, -0.25) is 9.59 Å². The first kappa shape index (κ1) is 19.7. The number of nitrogens with zero attached hydrogens (tertiary/aromatic N) is 3. The lowest BCUT2D eigenvalue weighted by atomic mass is 10.2. The molecule has 8 nitrogen and oxygen atoms in total. The van der Waals surface area contributed by atoms with E-state index in [-0.39, 0.29) is 23.3 Å². The van der Waals surface area contributed by atoms with Gasteiger partial charge in [0.1, 0.15) is 5.76 Å². The standard InChI is InChI=1S/C19H21N5O3S/c1-14-9-17(23-27-14)22-19(26)13-28-12-18(25)20-8-7-15-10-21-24(11-15)16-5-3-2-4-6-16/h2-6,9-11H,7-8,12-13H2,1H3,(H,20,25)(H,22,23,26). The number of rotatable bonds is 9. The van der Waals surface area contributed by atoms with Crippen molar-refractivity contribution in [1.29, 1.82) is 0 Å². The summed E-state index contributed by atoms with van der Waals surface area (Å²) in [6, 6.07) is 11.5. The quantitative estimate of drug-likeness (QED) is 0.572. The summed E-state index contributed by atoms with van der Waals surface area (Å²) < 4.78 is 6.68. The van der Waals surface area contributed by atoms with Crippen LogP contribution in [0, 0.1) is 6.92 Å². The molecular formula is C19H21N5O3S. The Bertz CT molecular complexity index is 923. The number of para-hydroxylation sites is 1. The average molecular weight is 399 g/mol. The highest BCUT2D eigenvalue weighted by Gasteiger charge is 2.08. The van der Waals surface area contributed by atoms with Crippen LogP contribution in [-0.4, -0.2) is 44.8 Å². The second-order valence-electron chi connectivity index (χ2n) is 6.09. The van der Waals surface area contributed by atoms with Crippen LogP contribution in [0.5, 0.6) is 0 Å². The summed E-state index contributed by atoms with van der Waals surface area (Å²) in [5, 5.41) is 13.5. The van der Waals surface area contributed by atoms with E-state index in [1.165, 1.54) is 11.8 Å². The number of aryl methyl sites for hydroxylation is 1. The molecule has 28 heavy (non-hydrogen) atoms. The van der Waals surface area contributed by atoms with Gasteiger partial charge in [0, 0.05) is 18.8 Å². The number of hydrogen-bond donors (Lipinski definition) is 2. The van der Waals surface area contributed by atoms with Crippen molar-refractivity contribution in [3.05, 3.63) is 60.1 Å². The first-order valence-corrected chi connectivity index (χ1v) is 9.92. The second kappa shape index (κ2) is 9.75. The zero-order chi connectivity index (χ0) is 19.8. The Balaban J connectivity index is 1.31. The van der Waals surface area contributed by atoms with Crippen molar-refractivity contribution in [2.45, 2.75) is 13.3 Å². The molecule has 2 N–H and O–H groups in total. The summed E-state index contributed by atoms with van der Waals surface area (Å²) in [7, 11) is 0. The van der Waals surface area contributed by atoms with Crippen molar-refractivity contribution in [3.8, 4) is 5.69 Å². The maximum Gasteiger partial charge on any atom is 0.235 e. The van der Waals surface area contributed by atoms with Gasteiger partial charge in [0.05, 0.1) is 23.4 Å². The molecule has 0 unspecified atom stereocenters. The van der Waals surface area contributed by atoms with Gasteiger partial charge in [0.2, 0.25) is 11.8 Å². The molecule has 0 fully saturated rings. The molecule has 0 aliphatic rings. The van der Waals surface area contributed by atoms with Crippen LogP contribution in [0.2, 0.25) is 0 Å². The van der Waals surface area contributed by atoms with Crippen molar-refractivity contribution in [2.24, 2.45) is 0 Å². The van der Waals surface area contributed by atoms with Crippen molar-refractivity contribution in [3.63, 3.8) is 0 Å². The summed E-state index contributed by atoms with van der Waals surface area (Å²) in [4.78, 5) is 23.7. The smallest absolute Gasteiger partial charge is 0.235 e. The Morgan fingerprint density at radius 1 is 1.18 bits per heavy atom. The number of benzene rings is 1. The Hall–Kier alpha value is -3.07. The normalized spacial score (nSPS) is 10.6. The molecule has 0 atom stereocenters. The molecule has 2 aromatic heterocycles. The molecule has 0 saturated carbocycles. The predicted octanol–water partition coefficient (Wildman–Crippen LogP) is 2.20. The number of nitrogens with one attached hydrogen (secondary N) is 2. The van der Waals surface area contributed by atoms with Crippen LogP contribution in [-0.2, 0) is 16.0 Å². The van der Waals surface area contributed by atoms with Gasteiger partial charge in [-0.2, -0.15) is 5.10 Å². The van der Waals surface area contributed by atoms with E-state index >= 15 is 0 Å². The van der Waals surface area contributed by atoms with Crippen LogP contribution in [0.4, 0.5) is 5.82 Å². The third-order valence-corrected chi connectivity index (χ3v) is 4.69. The fraction of sp³-hybridized carbons (Fsp3) is 0.263. The molecule has 1 aromatic carbocycles. The van der Waals surface area contributed by atoms with Gasteiger partial charge in [-0.1, -0.05) is 23.4 Å². The maximum absolute atomic E-state index is 11.9. The maximum atomic E-state index is 11.9. The van der Waals surface area contributed by atoms with Crippen molar-refractivity contribution < 1.29 is 14.1 Å². The molecule has 2 heterocycles. The predicted molar refractivity (Wildman–Crippen MR) is 107 cm³/mol. The van der Waals surface area contributed by atoms with E-state index in [1.807, 2.05) is 41.2 Å². The summed E-state index contributed by atoms with van der Waals surface area (Å²) in [6.45, 7) is 2.26. The molecule has 0 aliphatic heterocycles. The fourth-order valence-corrected chi connectivity index (χ4v) is 3.10. The monoisotopic (exact) mass is 399 g/mol. The molecule has 0 bridgehead atoms. The molecule has 146 valence electrons. The molecule has 0 radical (unpaired) electrons. The number of carbonyl (C=O) groups is 2. The Kier molecular flexibility index (Phi) is 6.85. The van der Waals surface area contributed by atoms with Crippen LogP contribution < -0.4 is 10.6 Å². The summed E-state index contributed by atoms with van der Waals surface area (Å²) in [5.41, 5.74) is 2.03. The minimum absolute atomic E-state index is 0.106. The van der Waals surface area contributed by atoms with Crippen molar-refractivity contribution in [2.75, 3.05) is 23.4 Å². The number of carbonyl (C=O) groups excluding carboxylic acids is 2. The largest absolute Gasteiger partial charge is 0.360 e. The topological polar surface area (TPSA) is 102 Å². The number of anilines is 1. The van der Waals surface area contributed by atoms with E-state index < -0.39 is 0 Å². The summed E-state index contributed by atoms with van der Waals surface area (Å²) >= 11 is 1.24. The highest BCUT2D eigenvalue weighted by Crippen LogP contribution is 2.09. The highest BCUT2D eigenvalue weighted by molar-refractivity contribution is 8.00. The van der Waals surface area contributed by atoms with E-state index in [4.69, 9.17) is 4.52 Å². The lowest BCUT2D eigenvalue weighted by molar-refractivity contribution is -0.118. The molecule has 2 amide bonds. The lowest BCUT2D eigenvalue weighted by Crippen LogP contribution is -2.28. The highest BCUT2D eigenvalue weighted by atomic mass is 32.2. The summed E-state index contributed by atoms with van der Waals surface area (Å²) in [6.07, 6.45) is 4.44. The van der Waals surface area contributed by atoms with Gasteiger partial charge in [-0.15, -0.1) is 11.8 Å². The Morgan fingerprint density at radius 2 is 1.96 bits per heavy atom. The minimum Gasteiger partial charge on any atom is -0.360 e. The Morgan fingerprint density at radius 3 is 2.71 bits per heavy atom. The lowest BCUT2D eigenvalue weighted by Gasteiger charge is -2.04. The number of thioether (sulfide) groups is 1. The molecule has 0 saturated heterocycles. The Labute approximate surface area is 166 Å². The zero-order valence-electron chi connectivity index (χ0n) is 15.4. The fourth-order valence-electron chi connectivity index (χ4n) is 2.45. The number of aromatic nitrogens is 3. The molecular weight excluding hydrogens is 378 g/mol. The van der Waals surface area contributed by atoms with Crippen molar-refractivity contribution >= 4 is 29.4 Å². The van der Waals surface area contributed by atoms with Gasteiger partial charge >= 0.3 is 0 Å². The molecule has 3 rings (SSSR count). The first-order valence-electron chi connectivity index (χ1n) is 8.77. The molecule has 0 aliphatic carbocycles. The minimum atomic E-state index is -0.223. The first-order chi connectivity index (χ1) is 13.6. The second-order valence-corrected chi connectivity index (χ2v) is 7.08. The molecule has 0 spiro atoms. The van der Waals surface area contributed by atoms with Crippen LogP contribution in [0.25, 0.3) is 5.69 Å². The zero-order valence-corrected chi connectivity index (χ0v) is 16.2. The number of hydrogen-bond acceptors (Lipinski definition) is 6. The van der Waals surface area contributed by atoms with E-state index in [1.54, 1.807) is 19.2 Å². The van der Waals surface area contributed by atoms with E-state index in [0.29, 0.717) is 24.5 Å². The van der Waals surface area contributed by atoms with Crippen molar-refractivity contribution in [1.82, 2.24) is 20.3 Å². The molecule has 3 aromatic rings. The van der Waals surface area contributed by atoms with E-state index in [0.717, 1.165) is 11.3 Å². The van der Waals surface area contributed by atoms with Gasteiger partial charge in [0.15, 0.2) is 5.82 Å². The van der Waals surface area contributed by atoms with Crippen LogP contribution in [0.3, 0.4) is 0 Å². The van der Waals surface area contributed by atoms with Crippen LogP contribution in [0.1, 0.15) is 11.3 Å². The van der Waals surface area contributed by atoms with Gasteiger partial charge in [-0.05, 0) is 31.0 Å². The van der Waals surface area contributed by atoms with Crippen LogP contribution in [0.15, 0.2) is 53.3 Å². The molecule has 9 heteroatoms.